The third-order valence-corrected chi connectivity index (χ3v) is 5.33. The number of methoxy groups -OCH3 is 1. The summed E-state index contributed by atoms with van der Waals surface area (Å²) in [5.41, 5.74) is 3.24. The number of benzene rings is 2. The summed E-state index contributed by atoms with van der Waals surface area (Å²) in [5.74, 6) is 0.303. The van der Waals surface area contributed by atoms with Crippen LogP contribution in [0.3, 0.4) is 0 Å². The Bertz CT molecular complexity index is 1180. The second-order valence-electron chi connectivity index (χ2n) is 5.89. The summed E-state index contributed by atoms with van der Waals surface area (Å²) in [4.78, 5) is 14.0. The Morgan fingerprint density at radius 2 is 1.83 bits per heavy atom. The maximum absolute atomic E-state index is 13.0. The molecule has 1 heterocycles. The summed E-state index contributed by atoms with van der Waals surface area (Å²) in [5, 5.41) is 15.2. The molecule has 0 fully saturated rings. The molecule has 2 N–H and O–H groups in total. The fraction of sp³-hybridized carbons (Fsp3) is 0.0526. The molecule has 3 aromatic rings. The molecule has 30 heavy (non-hydrogen) atoms. The largest absolute Gasteiger partial charge is 0.495 e. The van der Waals surface area contributed by atoms with Crippen molar-refractivity contribution in [1.82, 2.24) is 4.98 Å². The van der Waals surface area contributed by atoms with Crippen LogP contribution in [0.15, 0.2) is 77.0 Å². The summed E-state index contributed by atoms with van der Waals surface area (Å²) in [6.07, 6.45) is 4.63. The van der Waals surface area contributed by atoms with Crippen LogP contribution >= 0.6 is 0 Å². The lowest BCUT2D eigenvalue weighted by molar-refractivity contribution is -0.385. The van der Waals surface area contributed by atoms with Gasteiger partial charge in [-0.25, -0.2) is 8.42 Å². The van der Waals surface area contributed by atoms with E-state index in [4.69, 9.17) is 4.74 Å². The van der Waals surface area contributed by atoms with E-state index < -0.39 is 14.9 Å². The number of nitro benzene ring substituents is 1. The number of aromatic nitrogens is 1. The highest BCUT2D eigenvalue weighted by molar-refractivity contribution is 7.93. The minimum absolute atomic E-state index is 0.0632. The van der Waals surface area contributed by atoms with Crippen molar-refractivity contribution in [2.75, 3.05) is 17.3 Å². The minimum Gasteiger partial charge on any atom is -0.495 e. The maximum atomic E-state index is 13.0. The summed E-state index contributed by atoms with van der Waals surface area (Å²) >= 11 is 0. The van der Waals surface area contributed by atoms with Crippen molar-refractivity contribution in [3.63, 3.8) is 0 Å². The van der Waals surface area contributed by atoms with E-state index in [9.17, 15) is 18.5 Å². The van der Waals surface area contributed by atoms with E-state index in [-0.39, 0.29) is 22.0 Å². The number of nitro groups is 1. The SMILES string of the molecule is COc1ccccc1NS(=O)(=O)c1cc([N+](=O)[O-])ccc1N/N=C\c1ccncc1. The van der Waals surface area contributed by atoms with Gasteiger partial charge in [0.15, 0.2) is 0 Å². The van der Waals surface area contributed by atoms with Crippen molar-refractivity contribution in [1.29, 1.82) is 0 Å². The number of pyridine rings is 1. The second-order valence-corrected chi connectivity index (χ2v) is 7.54. The number of anilines is 2. The van der Waals surface area contributed by atoms with Crippen LogP contribution in [0.5, 0.6) is 5.75 Å². The molecule has 0 unspecified atom stereocenters. The van der Waals surface area contributed by atoms with Crippen LogP contribution in [0.25, 0.3) is 0 Å². The highest BCUT2D eigenvalue weighted by Crippen LogP contribution is 2.31. The van der Waals surface area contributed by atoms with Gasteiger partial charge in [0.25, 0.3) is 15.7 Å². The third kappa shape index (κ3) is 4.89. The van der Waals surface area contributed by atoms with Gasteiger partial charge in [-0.1, -0.05) is 12.1 Å². The van der Waals surface area contributed by atoms with E-state index in [1.54, 1.807) is 42.7 Å². The van der Waals surface area contributed by atoms with Gasteiger partial charge < -0.3 is 4.74 Å². The van der Waals surface area contributed by atoms with Crippen molar-refractivity contribution in [3.05, 3.63) is 82.7 Å². The van der Waals surface area contributed by atoms with Gasteiger partial charge in [0.1, 0.15) is 10.6 Å². The number of sulfonamides is 1. The molecule has 0 aliphatic heterocycles. The highest BCUT2D eigenvalue weighted by atomic mass is 32.2. The van der Waals surface area contributed by atoms with Crippen molar-refractivity contribution in [2.24, 2.45) is 5.10 Å². The van der Waals surface area contributed by atoms with Crippen LogP contribution < -0.4 is 14.9 Å². The quantitative estimate of drug-likeness (QED) is 0.320. The zero-order chi connectivity index (χ0) is 21.6. The fourth-order valence-corrected chi connectivity index (χ4v) is 3.74. The summed E-state index contributed by atoms with van der Waals surface area (Å²) < 4.78 is 33.6. The zero-order valence-electron chi connectivity index (χ0n) is 15.7. The molecule has 154 valence electrons. The molecule has 2 aromatic carbocycles. The third-order valence-electron chi connectivity index (χ3n) is 3.92. The molecule has 0 aliphatic rings. The molecule has 11 heteroatoms. The first-order valence-corrected chi connectivity index (χ1v) is 10.0. The van der Waals surface area contributed by atoms with E-state index in [0.29, 0.717) is 5.75 Å². The van der Waals surface area contributed by atoms with Gasteiger partial charge in [-0.3, -0.25) is 25.2 Å². The van der Waals surface area contributed by atoms with Gasteiger partial charge in [0, 0.05) is 24.5 Å². The highest BCUT2D eigenvalue weighted by Gasteiger charge is 2.23. The molecule has 0 spiro atoms. The lowest BCUT2D eigenvalue weighted by atomic mass is 10.3. The first-order chi connectivity index (χ1) is 14.4. The lowest BCUT2D eigenvalue weighted by Gasteiger charge is -2.14. The minimum atomic E-state index is -4.21. The van der Waals surface area contributed by atoms with Gasteiger partial charge in [0.05, 0.1) is 29.6 Å². The van der Waals surface area contributed by atoms with Gasteiger partial charge in [0.2, 0.25) is 0 Å². The number of hydrazone groups is 1. The number of para-hydroxylation sites is 2. The normalized spacial score (nSPS) is 11.2. The Kier molecular flexibility index (Phi) is 6.23. The van der Waals surface area contributed by atoms with E-state index in [1.807, 2.05) is 0 Å². The number of non-ortho nitro benzene ring substituents is 1. The van der Waals surface area contributed by atoms with Crippen molar-refractivity contribution >= 4 is 33.3 Å². The van der Waals surface area contributed by atoms with Crippen LogP contribution in [-0.4, -0.2) is 31.6 Å². The van der Waals surface area contributed by atoms with Gasteiger partial charge in [-0.15, -0.1) is 0 Å². The summed E-state index contributed by atoms with van der Waals surface area (Å²) in [7, 11) is -2.80. The van der Waals surface area contributed by atoms with Gasteiger partial charge >= 0.3 is 0 Å². The molecular formula is C19H17N5O5S. The van der Waals surface area contributed by atoms with Crippen LogP contribution in [-0.2, 0) is 10.0 Å². The predicted octanol–water partition coefficient (Wildman–Crippen LogP) is 3.25. The van der Waals surface area contributed by atoms with Crippen LogP contribution in [0.1, 0.15) is 5.56 Å². The van der Waals surface area contributed by atoms with E-state index in [0.717, 1.165) is 11.6 Å². The topological polar surface area (TPSA) is 136 Å². The smallest absolute Gasteiger partial charge is 0.270 e. The summed E-state index contributed by atoms with van der Waals surface area (Å²) in [6.45, 7) is 0. The van der Waals surface area contributed by atoms with Crippen molar-refractivity contribution in [2.45, 2.75) is 4.90 Å². The number of hydrogen-bond acceptors (Lipinski definition) is 8. The molecular weight excluding hydrogens is 410 g/mol. The molecule has 0 aliphatic carbocycles. The average Bonchev–Trinajstić information content (AvgIpc) is 2.74. The van der Waals surface area contributed by atoms with Crippen LogP contribution in [0, 0.1) is 10.1 Å². The molecule has 10 nitrogen and oxygen atoms in total. The molecule has 0 saturated carbocycles. The molecule has 0 amide bonds. The van der Waals surface area contributed by atoms with E-state index in [1.165, 1.54) is 31.5 Å². The molecule has 0 bridgehead atoms. The molecule has 1 aromatic heterocycles. The second kappa shape index (κ2) is 9.01. The Morgan fingerprint density at radius 1 is 1.10 bits per heavy atom. The van der Waals surface area contributed by atoms with Crippen LogP contribution in [0.4, 0.5) is 17.1 Å². The van der Waals surface area contributed by atoms with E-state index >= 15 is 0 Å². The Morgan fingerprint density at radius 3 is 2.53 bits per heavy atom. The van der Waals surface area contributed by atoms with E-state index in [2.05, 4.69) is 20.2 Å². The number of rotatable bonds is 8. The molecule has 3 rings (SSSR count). The first-order valence-electron chi connectivity index (χ1n) is 8.54. The summed E-state index contributed by atoms with van der Waals surface area (Å²) in [6, 6.07) is 13.3. The number of nitrogens with one attached hydrogen (secondary N) is 2. The van der Waals surface area contributed by atoms with Crippen molar-refractivity contribution in [3.8, 4) is 5.75 Å². The lowest BCUT2D eigenvalue weighted by Crippen LogP contribution is -2.15. The Labute approximate surface area is 172 Å². The number of ether oxygens (including phenoxy) is 1. The molecule has 0 radical (unpaired) electrons. The Balaban J connectivity index is 1.97. The van der Waals surface area contributed by atoms with Crippen LogP contribution in [0.2, 0.25) is 0 Å². The standard InChI is InChI=1S/C19H17N5O5S/c1-29-18-5-3-2-4-16(18)23-30(27,28)19-12-15(24(25)26)6-7-17(19)22-21-13-14-8-10-20-11-9-14/h2-13,22-23H,1H3/b21-13-. The monoisotopic (exact) mass is 427 g/mol. The fourth-order valence-electron chi connectivity index (χ4n) is 2.49. The van der Waals surface area contributed by atoms with Gasteiger partial charge in [-0.2, -0.15) is 5.10 Å². The number of nitrogens with zero attached hydrogens (tertiary/aromatic N) is 3. The zero-order valence-corrected chi connectivity index (χ0v) is 16.5. The number of hydrogen-bond donors (Lipinski definition) is 2. The molecule has 0 saturated heterocycles. The first kappa shape index (κ1) is 20.7. The Hall–Kier alpha value is -3.99. The molecule has 0 atom stereocenters. The van der Waals surface area contributed by atoms with Crippen molar-refractivity contribution < 1.29 is 18.1 Å². The maximum Gasteiger partial charge on any atom is 0.270 e. The van der Waals surface area contributed by atoms with Gasteiger partial charge in [-0.05, 0) is 35.9 Å². The predicted molar refractivity (Wildman–Crippen MR) is 112 cm³/mol. The average molecular weight is 427 g/mol.